The molecule has 1 aliphatic carbocycles. The Bertz CT molecular complexity index is 1070. The third-order valence-corrected chi connectivity index (χ3v) is 7.26. The minimum Gasteiger partial charge on any atom is -0.497 e. The second-order valence-electron chi connectivity index (χ2n) is 8.74. The largest absolute Gasteiger partial charge is 0.497 e. The molecule has 9 heteroatoms. The van der Waals surface area contributed by atoms with Gasteiger partial charge in [0.2, 0.25) is 11.8 Å². The molecular formula is C26H31N3O5S. The third kappa shape index (κ3) is 6.08. The first-order valence-electron chi connectivity index (χ1n) is 11.8. The Morgan fingerprint density at radius 1 is 0.943 bits per heavy atom. The van der Waals surface area contributed by atoms with Gasteiger partial charge >= 0.3 is 0 Å². The average Bonchev–Trinajstić information content (AvgIpc) is 3.50. The molecule has 1 heterocycles. The SMILES string of the molecule is COc1ccc(OC)c(NC(=O)CSCC(=O)N2CCCN2C(=O)CC2Cc3ccccc3C2)c1. The van der Waals surface area contributed by atoms with Gasteiger partial charge in [-0.2, -0.15) is 0 Å². The van der Waals surface area contributed by atoms with Gasteiger partial charge in [-0.15, -0.1) is 11.8 Å². The number of nitrogens with zero attached hydrogens (tertiary/aromatic N) is 2. The summed E-state index contributed by atoms with van der Waals surface area (Å²) in [6.45, 7) is 1.09. The molecule has 0 bridgehead atoms. The van der Waals surface area contributed by atoms with Gasteiger partial charge in [-0.25, -0.2) is 0 Å². The number of fused-ring (bicyclic) bond motifs is 1. The highest BCUT2D eigenvalue weighted by Crippen LogP contribution is 2.30. The Kier molecular flexibility index (Phi) is 8.17. The number of hydrogen-bond acceptors (Lipinski definition) is 6. The van der Waals surface area contributed by atoms with Crippen molar-refractivity contribution in [3.05, 3.63) is 53.6 Å². The lowest BCUT2D eigenvalue weighted by Gasteiger charge is -2.28. The van der Waals surface area contributed by atoms with Crippen molar-refractivity contribution in [1.82, 2.24) is 10.0 Å². The summed E-state index contributed by atoms with van der Waals surface area (Å²) in [7, 11) is 3.08. The highest BCUT2D eigenvalue weighted by Gasteiger charge is 2.33. The molecule has 0 spiro atoms. The van der Waals surface area contributed by atoms with Crippen LogP contribution in [0.4, 0.5) is 5.69 Å². The van der Waals surface area contributed by atoms with Crippen LogP contribution >= 0.6 is 11.8 Å². The van der Waals surface area contributed by atoms with Crippen molar-refractivity contribution in [2.75, 3.05) is 44.1 Å². The van der Waals surface area contributed by atoms with Gasteiger partial charge in [-0.3, -0.25) is 24.4 Å². The quantitative estimate of drug-likeness (QED) is 0.573. The summed E-state index contributed by atoms with van der Waals surface area (Å²) in [4.78, 5) is 38.3. The van der Waals surface area contributed by atoms with E-state index in [0.29, 0.717) is 36.7 Å². The molecule has 1 saturated heterocycles. The zero-order valence-electron chi connectivity index (χ0n) is 20.1. The molecule has 35 heavy (non-hydrogen) atoms. The van der Waals surface area contributed by atoms with Crippen LogP contribution < -0.4 is 14.8 Å². The van der Waals surface area contributed by atoms with Crippen molar-refractivity contribution in [1.29, 1.82) is 0 Å². The number of thioether (sulfide) groups is 1. The maximum absolute atomic E-state index is 13.0. The molecule has 0 unspecified atom stereocenters. The van der Waals surface area contributed by atoms with Gasteiger partial charge in [-0.1, -0.05) is 24.3 Å². The van der Waals surface area contributed by atoms with E-state index in [0.717, 1.165) is 19.3 Å². The molecule has 2 aliphatic rings. The van der Waals surface area contributed by atoms with Gasteiger partial charge in [0.15, 0.2) is 0 Å². The molecule has 4 rings (SSSR count). The zero-order chi connectivity index (χ0) is 24.8. The smallest absolute Gasteiger partial charge is 0.251 e. The van der Waals surface area contributed by atoms with E-state index < -0.39 is 0 Å². The van der Waals surface area contributed by atoms with E-state index in [1.54, 1.807) is 35.3 Å². The van der Waals surface area contributed by atoms with Gasteiger partial charge < -0.3 is 14.8 Å². The molecule has 0 aromatic heterocycles. The fourth-order valence-electron chi connectivity index (χ4n) is 4.68. The van der Waals surface area contributed by atoms with Crippen molar-refractivity contribution < 1.29 is 23.9 Å². The highest BCUT2D eigenvalue weighted by atomic mass is 32.2. The summed E-state index contributed by atoms with van der Waals surface area (Å²) in [6.07, 6.45) is 3.03. The summed E-state index contributed by atoms with van der Waals surface area (Å²) >= 11 is 1.22. The highest BCUT2D eigenvalue weighted by molar-refractivity contribution is 8.00. The number of carbonyl (C=O) groups excluding carboxylic acids is 3. The maximum atomic E-state index is 13.0. The van der Waals surface area contributed by atoms with Crippen molar-refractivity contribution in [2.24, 2.45) is 5.92 Å². The van der Waals surface area contributed by atoms with Crippen LogP contribution in [-0.4, -0.2) is 66.6 Å². The van der Waals surface area contributed by atoms with Crippen LogP contribution in [0, 0.1) is 5.92 Å². The molecular weight excluding hydrogens is 466 g/mol. The minimum absolute atomic E-state index is 0.00141. The monoisotopic (exact) mass is 497 g/mol. The van der Waals surface area contributed by atoms with E-state index >= 15 is 0 Å². The maximum Gasteiger partial charge on any atom is 0.251 e. The lowest BCUT2D eigenvalue weighted by Crippen LogP contribution is -2.46. The van der Waals surface area contributed by atoms with Crippen LogP contribution in [-0.2, 0) is 27.2 Å². The van der Waals surface area contributed by atoms with Crippen molar-refractivity contribution in [3.63, 3.8) is 0 Å². The van der Waals surface area contributed by atoms with Crippen LogP contribution in [0.3, 0.4) is 0 Å². The third-order valence-electron chi connectivity index (χ3n) is 6.35. The standard InChI is InChI=1S/C26H31N3O5S/c1-33-21-8-9-23(34-2)22(15-21)27-24(30)16-35-17-26(32)29-11-5-10-28(29)25(31)14-18-12-19-6-3-4-7-20(19)13-18/h3-4,6-9,15,18H,5,10-14,16-17H2,1-2H3,(H,27,30). The lowest BCUT2D eigenvalue weighted by atomic mass is 10.0. The fourth-order valence-corrected chi connectivity index (χ4v) is 5.36. The summed E-state index contributed by atoms with van der Waals surface area (Å²) in [6, 6.07) is 13.5. The average molecular weight is 498 g/mol. The molecule has 1 fully saturated rings. The predicted molar refractivity (Wildman–Crippen MR) is 136 cm³/mol. The fraction of sp³-hybridized carbons (Fsp3) is 0.423. The van der Waals surface area contributed by atoms with Crippen LogP contribution in [0.1, 0.15) is 24.0 Å². The number of anilines is 1. The molecule has 0 atom stereocenters. The number of ether oxygens (including phenoxy) is 2. The number of hydrogen-bond donors (Lipinski definition) is 1. The Morgan fingerprint density at radius 3 is 2.29 bits per heavy atom. The van der Waals surface area contributed by atoms with Crippen molar-refractivity contribution in [2.45, 2.75) is 25.7 Å². The molecule has 3 amide bonds. The van der Waals surface area contributed by atoms with Crippen LogP contribution in [0.5, 0.6) is 11.5 Å². The molecule has 0 saturated carbocycles. The van der Waals surface area contributed by atoms with Crippen LogP contribution in [0.2, 0.25) is 0 Å². The molecule has 1 N–H and O–H groups in total. The second kappa shape index (κ2) is 11.5. The number of amides is 3. The number of rotatable bonds is 9. The molecule has 8 nitrogen and oxygen atoms in total. The van der Waals surface area contributed by atoms with E-state index in [9.17, 15) is 14.4 Å². The topological polar surface area (TPSA) is 88.2 Å². The normalized spacial score (nSPS) is 15.1. The minimum atomic E-state index is -0.246. The lowest BCUT2D eigenvalue weighted by molar-refractivity contribution is -0.156. The summed E-state index contributed by atoms with van der Waals surface area (Å²) < 4.78 is 10.5. The van der Waals surface area contributed by atoms with Crippen LogP contribution in [0.25, 0.3) is 0 Å². The Labute approximate surface area is 209 Å². The number of benzene rings is 2. The van der Waals surface area contributed by atoms with Gasteiger partial charge in [-0.05, 0) is 48.4 Å². The first-order chi connectivity index (χ1) is 17.0. The van der Waals surface area contributed by atoms with E-state index in [1.165, 1.54) is 30.0 Å². The first kappa shape index (κ1) is 24.9. The summed E-state index contributed by atoms with van der Waals surface area (Å²) in [5.74, 6) is 1.24. The molecule has 2 aromatic carbocycles. The van der Waals surface area contributed by atoms with Gasteiger partial charge in [0.05, 0.1) is 31.4 Å². The number of carbonyl (C=O) groups is 3. The van der Waals surface area contributed by atoms with E-state index in [4.69, 9.17) is 9.47 Å². The number of hydrazine groups is 1. The molecule has 2 aromatic rings. The molecule has 186 valence electrons. The molecule has 0 radical (unpaired) electrons. The van der Waals surface area contributed by atoms with Gasteiger partial charge in [0, 0.05) is 25.6 Å². The Hall–Kier alpha value is -3.20. The predicted octanol–water partition coefficient (Wildman–Crippen LogP) is 3.16. The van der Waals surface area contributed by atoms with Crippen molar-refractivity contribution >= 4 is 35.2 Å². The van der Waals surface area contributed by atoms with E-state index in [1.807, 2.05) is 12.1 Å². The van der Waals surface area contributed by atoms with Crippen molar-refractivity contribution in [3.8, 4) is 11.5 Å². The Morgan fingerprint density at radius 2 is 1.63 bits per heavy atom. The molecule has 1 aliphatic heterocycles. The van der Waals surface area contributed by atoms with Gasteiger partial charge in [0.1, 0.15) is 11.5 Å². The summed E-state index contributed by atoms with van der Waals surface area (Å²) in [5, 5.41) is 5.96. The second-order valence-corrected chi connectivity index (χ2v) is 9.73. The Balaban J connectivity index is 1.24. The van der Waals surface area contributed by atoms with E-state index in [2.05, 4.69) is 17.4 Å². The zero-order valence-corrected chi connectivity index (χ0v) is 20.9. The first-order valence-corrected chi connectivity index (χ1v) is 12.9. The number of methoxy groups -OCH3 is 2. The van der Waals surface area contributed by atoms with Crippen LogP contribution in [0.15, 0.2) is 42.5 Å². The summed E-state index contributed by atoms with van der Waals surface area (Å²) in [5.41, 5.74) is 3.15. The van der Waals surface area contributed by atoms with E-state index in [-0.39, 0.29) is 35.1 Å². The van der Waals surface area contributed by atoms with Gasteiger partial charge in [0.25, 0.3) is 5.91 Å². The number of nitrogens with one attached hydrogen (secondary N) is 1.